The first kappa shape index (κ1) is 13.2. The molecule has 0 fully saturated rings. The number of aryl methyl sites for hydroxylation is 1. The molecule has 0 aliphatic heterocycles. The minimum atomic E-state index is -0.194. The van der Waals surface area contributed by atoms with Crippen LogP contribution in [0.1, 0.15) is 45.3 Å². The first-order valence-electron chi connectivity index (χ1n) is 5.82. The van der Waals surface area contributed by atoms with Gasteiger partial charge in [0.25, 0.3) is 0 Å². The Morgan fingerprint density at radius 3 is 2.81 bits per heavy atom. The summed E-state index contributed by atoms with van der Waals surface area (Å²) in [5, 5.41) is 4.28. The lowest BCUT2D eigenvalue weighted by atomic mass is 9.97. The molecule has 4 nitrogen and oxygen atoms in total. The second kappa shape index (κ2) is 5.46. The van der Waals surface area contributed by atoms with Gasteiger partial charge in [-0.2, -0.15) is 5.10 Å². The van der Waals surface area contributed by atoms with Crippen molar-refractivity contribution >= 4 is 0 Å². The molecule has 1 unspecified atom stereocenters. The third kappa shape index (κ3) is 3.32. The number of ether oxygens (including phenoxy) is 1. The zero-order chi connectivity index (χ0) is 12.2. The molecule has 16 heavy (non-hydrogen) atoms. The van der Waals surface area contributed by atoms with E-state index >= 15 is 0 Å². The highest BCUT2D eigenvalue weighted by Gasteiger charge is 2.23. The molecule has 1 rings (SSSR count). The average molecular weight is 225 g/mol. The van der Waals surface area contributed by atoms with Crippen LogP contribution in [-0.4, -0.2) is 22.5 Å². The molecule has 0 radical (unpaired) electrons. The Kier molecular flexibility index (Phi) is 4.50. The van der Waals surface area contributed by atoms with Gasteiger partial charge >= 0.3 is 0 Å². The Bertz CT molecular complexity index is 320. The van der Waals surface area contributed by atoms with Gasteiger partial charge in [-0.1, -0.05) is 6.92 Å². The van der Waals surface area contributed by atoms with Crippen LogP contribution >= 0.6 is 0 Å². The molecule has 0 saturated carbocycles. The maximum Gasteiger partial charge on any atom is 0.0641 e. The molecule has 0 saturated heterocycles. The minimum Gasteiger partial charge on any atom is -0.379 e. The lowest BCUT2D eigenvalue weighted by molar-refractivity contribution is 0.00935. The van der Waals surface area contributed by atoms with Gasteiger partial charge in [0, 0.05) is 25.9 Å². The van der Waals surface area contributed by atoms with Crippen LogP contribution in [0.4, 0.5) is 0 Å². The van der Waals surface area contributed by atoms with E-state index in [1.807, 2.05) is 30.8 Å². The summed E-state index contributed by atoms with van der Waals surface area (Å²) >= 11 is 0. The number of nitrogens with zero attached hydrogens (tertiary/aromatic N) is 2. The van der Waals surface area contributed by atoms with Gasteiger partial charge in [-0.3, -0.25) is 4.68 Å². The molecule has 4 heteroatoms. The van der Waals surface area contributed by atoms with E-state index in [2.05, 4.69) is 12.0 Å². The van der Waals surface area contributed by atoms with Crippen LogP contribution in [-0.2, 0) is 11.3 Å². The predicted octanol–water partition coefficient (Wildman–Crippen LogP) is 2.11. The van der Waals surface area contributed by atoms with Crippen LogP contribution in [0, 0.1) is 0 Å². The van der Waals surface area contributed by atoms with E-state index in [0.717, 1.165) is 25.1 Å². The van der Waals surface area contributed by atoms with Gasteiger partial charge < -0.3 is 10.5 Å². The van der Waals surface area contributed by atoms with Gasteiger partial charge in [0.1, 0.15) is 0 Å². The van der Waals surface area contributed by atoms with Crippen LogP contribution in [0.2, 0.25) is 0 Å². The molecule has 1 heterocycles. The fourth-order valence-corrected chi connectivity index (χ4v) is 1.77. The predicted molar refractivity (Wildman–Crippen MR) is 65.2 cm³/mol. The maximum atomic E-state index is 6.19. The van der Waals surface area contributed by atoms with Crippen molar-refractivity contribution in [2.24, 2.45) is 5.73 Å². The highest BCUT2D eigenvalue weighted by molar-refractivity contribution is 5.07. The summed E-state index contributed by atoms with van der Waals surface area (Å²) in [7, 11) is 1.72. The van der Waals surface area contributed by atoms with Crippen molar-refractivity contribution in [2.45, 2.75) is 51.8 Å². The normalized spacial score (nSPS) is 14.1. The Morgan fingerprint density at radius 2 is 2.25 bits per heavy atom. The second-order valence-electron chi connectivity index (χ2n) is 4.75. The molecule has 0 amide bonds. The molecule has 2 N–H and O–H groups in total. The third-order valence-corrected chi connectivity index (χ3v) is 2.83. The quantitative estimate of drug-likeness (QED) is 0.806. The molecular weight excluding hydrogens is 202 g/mol. The zero-order valence-corrected chi connectivity index (χ0v) is 10.7. The van der Waals surface area contributed by atoms with Gasteiger partial charge in [0.2, 0.25) is 0 Å². The van der Waals surface area contributed by atoms with Crippen molar-refractivity contribution in [3.05, 3.63) is 18.0 Å². The van der Waals surface area contributed by atoms with Crippen LogP contribution in [0.25, 0.3) is 0 Å². The number of methoxy groups -OCH3 is 1. The van der Waals surface area contributed by atoms with Crippen LogP contribution in [0.5, 0.6) is 0 Å². The monoisotopic (exact) mass is 225 g/mol. The molecule has 0 aliphatic carbocycles. The van der Waals surface area contributed by atoms with Crippen molar-refractivity contribution in [1.29, 1.82) is 0 Å². The molecule has 0 bridgehead atoms. The summed E-state index contributed by atoms with van der Waals surface area (Å²) in [4.78, 5) is 0. The Labute approximate surface area is 97.8 Å². The summed E-state index contributed by atoms with van der Waals surface area (Å²) < 4.78 is 7.38. The maximum absolute atomic E-state index is 6.19. The summed E-state index contributed by atoms with van der Waals surface area (Å²) in [5.74, 6) is 0. The molecule has 92 valence electrons. The third-order valence-electron chi connectivity index (χ3n) is 2.83. The summed E-state index contributed by atoms with van der Waals surface area (Å²) in [5.41, 5.74) is 7.09. The SMILES string of the molecule is CCCn1nccc1C(N)CC(C)(C)OC. The second-order valence-corrected chi connectivity index (χ2v) is 4.75. The van der Waals surface area contributed by atoms with E-state index in [1.165, 1.54) is 0 Å². The van der Waals surface area contributed by atoms with Crippen molar-refractivity contribution in [3.63, 3.8) is 0 Å². The highest BCUT2D eigenvalue weighted by atomic mass is 16.5. The van der Waals surface area contributed by atoms with E-state index in [9.17, 15) is 0 Å². The smallest absolute Gasteiger partial charge is 0.0641 e. The van der Waals surface area contributed by atoms with Gasteiger partial charge in [-0.05, 0) is 32.8 Å². The first-order valence-corrected chi connectivity index (χ1v) is 5.82. The van der Waals surface area contributed by atoms with Gasteiger partial charge in [-0.25, -0.2) is 0 Å². The molecule has 0 aliphatic rings. The largest absolute Gasteiger partial charge is 0.379 e. The average Bonchev–Trinajstić information content (AvgIpc) is 2.66. The Morgan fingerprint density at radius 1 is 1.56 bits per heavy atom. The van der Waals surface area contributed by atoms with Crippen molar-refractivity contribution < 1.29 is 4.74 Å². The van der Waals surface area contributed by atoms with E-state index in [-0.39, 0.29) is 11.6 Å². The van der Waals surface area contributed by atoms with E-state index in [4.69, 9.17) is 10.5 Å². The number of rotatable bonds is 6. The fourth-order valence-electron chi connectivity index (χ4n) is 1.77. The lowest BCUT2D eigenvalue weighted by Crippen LogP contribution is -2.30. The lowest BCUT2D eigenvalue weighted by Gasteiger charge is -2.26. The molecule has 1 aromatic heterocycles. The Hall–Kier alpha value is -0.870. The van der Waals surface area contributed by atoms with Crippen molar-refractivity contribution in [1.82, 2.24) is 9.78 Å². The minimum absolute atomic E-state index is 0.0241. The summed E-state index contributed by atoms with van der Waals surface area (Å²) in [6, 6.07) is 1.97. The summed E-state index contributed by atoms with van der Waals surface area (Å²) in [6.45, 7) is 7.15. The van der Waals surface area contributed by atoms with Gasteiger partial charge in [-0.15, -0.1) is 0 Å². The highest BCUT2D eigenvalue weighted by Crippen LogP contribution is 2.23. The van der Waals surface area contributed by atoms with Gasteiger partial charge in [0.15, 0.2) is 0 Å². The van der Waals surface area contributed by atoms with Crippen molar-refractivity contribution in [3.8, 4) is 0 Å². The zero-order valence-electron chi connectivity index (χ0n) is 10.7. The van der Waals surface area contributed by atoms with Crippen molar-refractivity contribution in [2.75, 3.05) is 7.11 Å². The van der Waals surface area contributed by atoms with Crippen LogP contribution in [0.3, 0.4) is 0 Å². The number of hydrogen-bond donors (Lipinski definition) is 1. The van der Waals surface area contributed by atoms with E-state index < -0.39 is 0 Å². The molecule has 1 aromatic rings. The van der Waals surface area contributed by atoms with Crippen LogP contribution < -0.4 is 5.73 Å². The molecule has 0 aromatic carbocycles. The number of aromatic nitrogens is 2. The summed E-state index contributed by atoms with van der Waals surface area (Å²) in [6.07, 6.45) is 3.67. The molecular formula is C12H23N3O. The first-order chi connectivity index (χ1) is 7.50. The van der Waals surface area contributed by atoms with Crippen LogP contribution in [0.15, 0.2) is 12.3 Å². The number of nitrogens with two attached hydrogens (primary N) is 1. The molecule has 1 atom stereocenters. The molecule has 0 spiro atoms. The van der Waals surface area contributed by atoms with E-state index in [1.54, 1.807) is 7.11 Å². The Balaban J connectivity index is 2.72. The standard InChI is InChI=1S/C12H23N3O/c1-5-8-15-11(6-7-14-15)10(13)9-12(2,3)16-4/h6-7,10H,5,8-9,13H2,1-4H3. The number of hydrogen-bond acceptors (Lipinski definition) is 3. The van der Waals surface area contributed by atoms with E-state index in [0.29, 0.717) is 0 Å². The van der Waals surface area contributed by atoms with Gasteiger partial charge in [0.05, 0.1) is 11.3 Å². The fraction of sp³-hybridized carbons (Fsp3) is 0.750. The topological polar surface area (TPSA) is 53.1 Å².